The molecule has 2 amide bonds. The molecule has 164 valence electrons. The lowest BCUT2D eigenvalue weighted by atomic mass is 10.1. The first kappa shape index (κ1) is 21.2. The van der Waals surface area contributed by atoms with Gasteiger partial charge in [0.25, 0.3) is 5.91 Å². The zero-order chi connectivity index (χ0) is 21.6. The molecule has 0 radical (unpaired) electrons. The van der Waals surface area contributed by atoms with Gasteiger partial charge in [-0.2, -0.15) is 0 Å². The van der Waals surface area contributed by atoms with E-state index in [0.717, 1.165) is 36.9 Å². The summed E-state index contributed by atoms with van der Waals surface area (Å²) in [5.41, 5.74) is 2.62. The number of hydrogen-bond acceptors (Lipinski definition) is 4. The van der Waals surface area contributed by atoms with Crippen molar-refractivity contribution in [1.82, 2.24) is 10.2 Å². The third-order valence-corrected chi connectivity index (χ3v) is 6.01. The summed E-state index contributed by atoms with van der Waals surface area (Å²) in [4.78, 5) is 26.4. The number of carbonyl (C=O) groups excluding carboxylic acids is 2. The number of amides is 2. The number of ether oxygens (including phenoxy) is 2. The lowest BCUT2D eigenvalue weighted by molar-refractivity contribution is -0.128. The number of carbonyl (C=O) groups is 2. The molecule has 6 heteroatoms. The fourth-order valence-electron chi connectivity index (χ4n) is 4.31. The van der Waals surface area contributed by atoms with E-state index in [4.69, 9.17) is 9.47 Å². The molecule has 0 aromatic heterocycles. The molecule has 1 saturated carbocycles. The Hall–Kier alpha value is -3.02. The minimum absolute atomic E-state index is 0.161. The molecule has 2 aromatic carbocycles. The van der Waals surface area contributed by atoms with Gasteiger partial charge in [0.05, 0.1) is 13.2 Å². The zero-order valence-electron chi connectivity index (χ0n) is 18.1. The summed E-state index contributed by atoms with van der Waals surface area (Å²) in [5.74, 6) is 1.32. The van der Waals surface area contributed by atoms with Crippen LogP contribution in [0.15, 0.2) is 42.5 Å². The van der Waals surface area contributed by atoms with Crippen molar-refractivity contribution >= 4 is 11.8 Å². The summed E-state index contributed by atoms with van der Waals surface area (Å²) >= 11 is 0. The van der Waals surface area contributed by atoms with Gasteiger partial charge in [-0.3, -0.25) is 9.59 Å². The molecule has 0 atom stereocenters. The quantitative estimate of drug-likeness (QED) is 0.696. The number of nitrogens with zero attached hydrogens (tertiary/aromatic N) is 1. The van der Waals surface area contributed by atoms with Gasteiger partial charge in [0.1, 0.15) is 0 Å². The van der Waals surface area contributed by atoms with Crippen LogP contribution in [0.25, 0.3) is 0 Å². The van der Waals surface area contributed by atoms with E-state index in [2.05, 4.69) is 5.32 Å². The maximum atomic E-state index is 12.7. The van der Waals surface area contributed by atoms with Gasteiger partial charge >= 0.3 is 0 Å². The van der Waals surface area contributed by atoms with Crippen LogP contribution in [0.3, 0.4) is 0 Å². The van der Waals surface area contributed by atoms with E-state index >= 15 is 0 Å². The fraction of sp³-hybridized carbons (Fsp3) is 0.440. The van der Waals surface area contributed by atoms with Crippen LogP contribution in [0.4, 0.5) is 0 Å². The van der Waals surface area contributed by atoms with Crippen LogP contribution in [0, 0.1) is 0 Å². The molecule has 1 N–H and O–H groups in total. The molecular formula is C25H30N2O4. The highest BCUT2D eigenvalue weighted by atomic mass is 16.5. The van der Waals surface area contributed by atoms with Gasteiger partial charge in [0, 0.05) is 31.6 Å². The van der Waals surface area contributed by atoms with Gasteiger partial charge in [-0.15, -0.1) is 0 Å². The van der Waals surface area contributed by atoms with Crippen molar-refractivity contribution < 1.29 is 19.1 Å². The topological polar surface area (TPSA) is 67.9 Å². The van der Waals surface area contributed by atoms with Crippen LogP contribution in [0.2, 0.25) is 0 Å². The highest BCUT2D eigenvalue weighted by molar-refractivity contribution is 5.94. The van der Waals surface area contributed by atoms with Crippen LogP contribution in [-0.4, -0.2) is 36.5 Å². The number of nitrogens with one attached hydrogen (secondary N) is 1. The SMILES string of the molecule is COc1cc(C(=O)NCc2cccc(CN3CCCC3=O)c2)ccc1OC1CCCC1. The minimum Gasteiger partial charge on any atom is -0.493 e. The summed E-state index contributed by atoms with van der Waals surface area (Å²) in [6.45, 7) is 1.87. The fourth-order valence-corrected chi connectivity index (χ4v) is 4.31. The highest BCUT2D eigenvalue weighted by Crippen LogP contribution is 2.32. The molecular weight excluding hydrogens is 392 g/mol. The number of likely N-dealkylation sites (tertiary alicyclic amines) is 1. The van der Waals surface area contributed by atoms with E-state index in [0.29, 0.717) is 36.6 Å². The van der Waals surface area contributed by atoms with Gasteiger partial charge in [0.2, 0.25) is 5.91 Å². The molecule has 0 bridgehead atoms. The summed E-state index contributed by atoms with van der Waals surface area (Å²) in [7, 11) is 1.59. The van der Waals surface area contributed by atoms with Crippen LogP contribution in [0.5, 0.6) is 11.5 Å². The first-order valence-corrected chi connectivity index (χ1v) is 11.1. The van der Waals surface area contributed by atoms with Crippen molar-refractivity contribution in [3.63, 3.8) is 0 Å². The van der Waals surface area contributed by atoms with E-state index < -0.39 is 0 Å². The van der Waals surface area contributed by atoms with E-state index in [-0.39, 0.29) is 17.9 Å². The van der Waals surface area contributed by atoms with Gasteiger partial charge < -0.3 is 19.7 Å². The standard InChI is InChI=1S/C25H30N2O4/c1-30-23-15-20(11-12-22(23)31-21-8-2-3-9-21)25(29)26-16-18-6-4-7-19(14-18)17-27-13-5-10-24(27)28/h4,6-7,11-12,14-15,21H,2-3,5,8-10,13,16-17H2,1H3,(H,26,29). The maximum Gasteiger partial charge on any atom is 0.251 e. The average Bonchev–Trinajstić information content (AvgIpc) is 3.44. The molecule has 0 spiro atoms. The average molecular weight is 423 g/mol. The number of rotatable bonds is 8. The third-order valence-electron chi connectivity index (χ3n) is 6.01. The Morgan fingerprint density at radius 1 is 1.06 bits per heavy atom. The molecule has 2 aromatic rings. The smallest absolute Gasteiger partial charge is 0.251 e. The summed E-state index contributed by atoms with van der Waals surface area (Å²) in [5, 5.41) is 2.97. The second-order valence-electron chi connectivity index (χ2n) is 8.31. The lowest BCUT2D eigenvalue weighted by Gasteiger charge is -2.17. The molecule has 2 aliphatic rings. The van der Waals surface area contributed by atoms with Crippen molar-refractivity contribution in [2.24, 2.45) is 0 Å². The van der Waals surface area contributed by atoms with Crippen molar-refractivity contribution in [3.8, 4) is 11.5 Å². The molecule has 4 rings (SSSR count). The molecule has 31 heavy (non-hydrogen) atoms. The molecule has 0 unspecified atom stereocenters. The van der Waals surface area contributed by atoms with Crippen LogP contribution in [-0.2, 0) is 17.9 Å². The monoisotopic (exact) mass is 422 g/mol. The van der Waals surface area contributed by atoms with Crippen molar-refractivity contribution in [2.45, 2.75) is 57.7 Å². The second-order valence-corrected chi connectivity index (χ2v) is 8.31. The highest BCUT2D eigenvalue weighted by Gasteiger charge is 2.21. The van der Waals surface area contributed by atoms with Crippen LogP contribution < -0.4 is 14.8 Å². The molecule has 2 fully saturated rings. The molecule has 1 saturated heterocycles. The van der Waals surface area contributed by atoms with E-state index in [1.807, 2.05) is 35.2 Å². The van der Waals surface area contributed by atoms with Crippen molar-refractivity contribution in [3.05, 3.63) is 59.2 Å². The van der Waals surface area contributed by atoms with Gasteiger partial charge in [-0.1, -0.05) is 24.3 Å². The molecule has 1 heterocycles. The van der Waals surface area contributed by atoms with Gasteiger partial charge in [0.15, 0.2) is 11.5 Å². The zero-order valence-corrected chi connectivity index (χ0v) is 18.1. The Bertz CT molecular complexity index is 937. The summed E-state index contributed by atoms with van der Waals surface area (Å²) in [6.07, 6.45) is 6.34. The first-order valence-electron chi connectivity index (χ1n) is 11.1. The third kappa shape index (κ3) is 5.37. The van der Waals surface area contributed by atoms with E-state index in [1.54, 1.807) is 19.2 Å². The van der Waals surface area contributed by atoms with Crippen molar-refractivity contribution in [2.75, 3.05) is 13.7 Å². The predicted molar refractivity (Wildman–Crippen MR) is 118 cm³/mol. The lowest BCUT2D eigenvalue weighted by Crippen LogP contribution is -2.24. The Kier molecular flexibility index (Phi) is 6.75. The Balaban J connectivity index is 1.36. The second kappa shape index (κ2) is 9.86. The Labute approximate surface area is 183 Å². The minimum atomic E-state index is -0.161. The molecule has 1 aliphatic carbocycles. The first-order chi connectivity index (χ1) is 15.1. The summed E-state index contributed by atoms with van der Waals surface area (Å²) < 4.78 is 11.5. The Morgan fingerprint density at radius 2 is 1.87 bits per heavy atom. The predicted octanol–water partition coefficient (Wildman–Crippen LogP) is 4.07. The van der Waals surface area contributed by atoms with E-state index in [9.17, 15) is 9.59 Å². The summed E-state index contributed by atoms with van der Waals surface area (Å²) in [6, 6.07) is 13.3. The number of methoxy groups -OCH3 is 1. The van der Waals surface area contributed by atoms with Crippen molar-refractivity contribution in [1.29, 1.82) is 0 Å². The van der Waals surface area contributed by atoms with Gasteiger partial charge in [-0.25, -0.2) is 0 Å². The van der Waals surface area contributed by atoms with Crippen LogP contribution >= 0.6 is 0 Å². The number of benzene rings is 2. The normalized spacial score (nSPS) is 16.5. The van der Waals surface area contributed by atoms with Gasteiger partial charge in [-0.05, 0) is 61.4 Å². The van der Waals surface area contributed by atoms with E-state index in [1.165, 1.54) is 12.8 Å². The van der Waals surface area contributed by atoms with Crippen LogP contribution in [0.1, 0.15) is 60.0 Å². The maximum absolute atomic E-state index is 12.7. The Morgan fingerprint density at radius 3 is 2.61 bits per heavy atom. The molecule has 1 aliphatic heterocycles. The largest absolute Gasteiger partial charge is 0.493 e. The molecule has 6 nitrogen and oxygen atoms in total. The number of hydrogen-bond donors (Lipinski definition) is 1.